The Kier molecular flexibility index (Phi) is 8.83. The Morgan fingerprint density at radius 2 is 0.825 bits per heavy atom. The average molecular weight is 804 g/mol. The molecule has 11 aromatic carbocycles. The first kappa shape index (κ1) is 36.5. The highest BCUT2D eigenvalue weighted by atomic mass is 15.2. The lowest BCUT2D eigenvalue weighted by molar-refractivity contribution is 1.18. The third-order valence-corrected chi connectivity index (χ3v) is 12.5. The number of fused-ring (bicyclic) bond motifs is 6. The Hall–Kier alpha value is -8.40. The summed E-state index contributed by atoms with van der Waals surface area (Å²) in [6, 6.07) is 90.2. The maximum Gasteiger partial charge on any atom is 0.0542 e. The third kappa shape index (κ3) is 6.29. The molecule has 0 amide bonds. The van der Waals surface area contributed by atoms with E-state index in [-0.39, 0.29) is 0 Å². The molecule has 0 aliphatic carbocycles. The van der Waals surface area contributed by atoms with Crippen molar-refractivity contribution in [2.24, 2.45) is 0 Å². The molecule has 0 atom stereocenters. The van der Waals surface area contributed by atoms with Gasteiger partial charge in [-0.25, -0.2) is 0 Å². The molecule has 0 saturated carbocycles. The van der Waals surface area contributed by atoms with Gasteiger partial charge >= 0.3 is 0 Å². The van der Waals surface area contributed by atoms with Gasteiger partial charge in [-0.2, -0.15) is 0 Å². The number of benzene rings is 11. The summed E-state index contributed by atoms with van der Waals surface area (Å²) in [6.07, 6.45) is 0. The molecule has 1 aromatic heterocycles. The number of hydrogen-bond donors (Lipinski definition) is 0. The first-order valence-electron chi connectivity index (χ1n) is 21.6. The Bertz CT molecular complexity index is 3620. The van der Waals surface area contributed by atoms with Gasteiger partial charge in [0.1, 0.15) is 0 Å². The third-order valence-electron chi connectivity index (χ3n) is 12.5. The van der Waals surface area contributed by atoms with Crippen LogP contribution in [0.25, 0.3) is 70.9 Å². The van der Waals surface area contributed by atoms with E-state index in [0.717, 1.165) is 39.8 Å². The monoisotopic (exact) mass is 803 g/mol. The van der Waals surface area contributed by atoms with Gasteiger partial charge in [0, 0.05) is 50.0 Å². The molecule has 63 heavy (non-hydrogen) atoms. The van der Waals surface area contributed by atoms with Gasteiger partial charge in [-0.15, -0.1) is 0 Å². The zero-order valence-electron chi connectivity index (χ0n) is 34.5. The lowest BCUT2D eigenvalue weighted by atomic mass is 9.95. The number of nitrogens with zero attached hydrogens (tertiary/aromatic N) is 3. The van der Waals surface area contributed by atoms with Crippen LogP contribution >= 0.6 is 0 Å². The van der Waals surface area contributed by atoms with Crippen LogP contribution in [0.3, 0.4) is 0 Å². The van der Waals surface area contributed by atoms with Gasteiger partial charge in [0.15, 0.2) is 0 Å². The fourth-order valence-electron chi connectivity index (χ4n) is 9.63. The molecule has 12 aromatic rings. The number of rotatable bonds is 8. The summed E-state index contributed by atoms with van der Waals surface area (Å²) in [5.74, 6) is 0. The van der Waals surface area contributed by atoms with Crippen molar-refractivity contribution in [2.75, 3.05) is 9.80 Å². The van der Waals surface area contributed by atoms with Crippen molar-refractivity contribution in [1.82, 2.24) is 4.57 Å². The zero-order valence-corrected chi connectivity index (χ0v) is 34.5. The molecule has 296 valence electrons. The summed E-state index contributed by atoms with van der Waals surface area (Å²) in [4.78, 5) is 4.81. The minimum atomic E-state index is 1.10. The number of para-hydroxylation sites is 3. The predicted octanol–water partition coefficient (Wildman–Crippen LogP) is 16.8. The van der Waals surface area contributed by atoms with Crippen molar-refractivity contribution in [1.29, 1.82) is 0 Å². The van der Waals surface area contributed by atoms with E-state index in [1.165, 1.54) is 65.3 Å². The fourth-order valence-corrected chi connectivity index (χ4v) is 9.63. The van der Waals surface area contributed by atoms with Crippen LogP contribution in [0, 0.1) is 0 Å². The molecule has 3 heteroatoms. The van der Waals surface area contributed by atoms with E-state index in [0.29, 0.717) is 0 Å². The van der Waals surface area contributed by atoms with Crippen LogP contribution in [0.15, 0.2) is 249 Å². The maximum absolute atomic E-state index is 2.47. The normalized spacial score (nSPS) is 11.5. The second kappa shape index (κ2) is 15.3. The van der Waals surface area contributed by atoms with Gasteiger partial charge in [-0.05, 0) is 118 Å². The molecule has 0 N–H and O–H groups in total. The average Bonchev–Trinajstić information content (AvgIpc) is 3.69. The molecule has 0 unspecified atom stereocenters. The molecule has 0 bridgehead atoms. The highest BCUT2D eigenvalue weighted by Gasteiger charge is 2.22. The van der Waals surface area contributed by atoms with E-state index < -0.39 is 0 Å². The summed E-state index contributed by atoms with van der Waals surface area (Å²) < 4.78 is 2.38. The Balaban J connectivity index is 1.01. The van der Waals surface area contributed by atoms with E-state index in [9.17, 15) is 0 Å². The van der Waals surface area contributed by atoms with Gasteiger partial charge in [0.05, 0.1) is 22.4 Å². The number of aromatic nitrogens is 1. The molecule has 12 rings (SSSR count). The van der Waals surface area contributed by atoms with Gasteiger partial charge in [-0.1, -0.05) is 164 Å². The molecule has 0 fully saturated rings. The zero-order chi connectivity index (χ0) is 41.7. The second-order valence-electron chi connectivity index (χ2n) is 16.2. The molecular weight excluding hydrogens is 763 g/mol. The molecular formula is C60H41N3. The summed E-state index contributed by atoms with van der Waals surface area (Å²) in [5, 5.41) is 9.68. The van der Waals surface area contributed by atoms with Crippen LogP contribution in [-0.2, 0) is 0 Å². The largest absolute Gasteiger partial charge is 0.310 e. The second-order valence-corrected chi connectivity index (χ2v) is 16.2. The Labute approximate surface area is 366 Å². The lowest BCUT2D eigenvalue weighted by Crippen LogP contribution is -2.11. The first-order valence-corrected chi connectivity index (χ1v) is 21.6. The van der Waals surface area contributed by atoms with Crippen molar-refractivity contribution < 1.29 is 0 Å². The molecule has 3 nitrogen and oxygen atoms in total. The molecule has 0 aliphatic heterocycles. The lowest BCUT2D eigenvalue weighted by Gasteiger charge is -2.29. The molecule has 0 saturated heterocycles. The number of hydrogen-bond acceptors (Lipinski definition) is 2. The summed E-state index contributed by atoms with van der Waals surface area (Å²) in [6.45, 7) is 0. The first-order chi connectivity index (χ1) is 31.3. The van der Waals surface area contributed by atoms with E-state index >= 15 is 0 Å². The van der Waals surface area contributed by atoms with Gasteiger partial charge in [0.25, 0.3) is 0 Å². The predicted molar refractivity (Wildman–Crippen MR) is 268 cm³/mol. The van der Waals surface area contributed by atoms with E-state index in [1.54, 1.807) is 0 Å². The van der Waals surface area contributed by atoms with Crippen LogP contribution in [0.1, 0.15) is 0 Å². The fraction of sp³-hybridized carbons (Fsp3) is 0. The van der Waals surface area contributed by atoms with Crippen molar-refractivity contribution in [3.63, 3.8) is 0 Å². The van der Waals surface area contributed by atoms with Crippen LogP contribution in [0.5, 0.6) is 0 Å². The SMILES string of the molecule is c1ccc(N(c2ccc(-c3ccc(N(c4ccc5c(c4)c4ccccc4n5-c4ccccc4)c4cccc5ccccc45)c4ccccc34)cc2)c2ccc3ccccc3c2)cc1. The molecule has 1 heterocycles. The highest BCUT2D eigenvalue weighted by Crippen LogP contribution is 2.46. The molecule has 0 radical (unpaired) electrons. The minimum Gasteiger partial charge on any atom is -0.310 e. The van der Waals surface area contributed by atoms with Crippen molar-refractivity contribution in [3.05, 3.63) is 249 Å². The van der Waals surface area contributed by atoms with Crippen molar-refractivity contribution in [2.45, 2.75) is 0 Å². The molecule has 0 aliphatic rings. The van der Waals surface area contributed by atoms with Crippen LogP contribution < -0.4 is 9.80 Å². The van der Waals surface area contributed by atoms with Gasteiger partial charge in [-0.3, -0.25) is 0 Å². The van der Waals surface area contributed by atoms with Crippen LogP contribution in [0.4, 0.5) is 34.1 Å². The van der Waals surface area contributed by atoms with E-state index in [2.05, 4.69) is 263 Å². The summed E-state index contributed by atoms with van der Waals surface area (Å²) in [5.41, 5.74) is 12.6. The number of anilines is 6. The Morgan fingerprint density at radius 3 is 1.63 bits per heavy atom. The summed E-state index contributed by atoms with van der Waals surface area (Å²) >= 11 is 0. The Morgan fingerprint density at radius 1 is 0.270 bits per heavy atom. The standard InChI is InChI=1S/C60H41N3/c1-3-20-46(21-4-1)61(49-35-30-42-16-7-8-18-45(42)40-49)48-33-31-44(32-34-48)51-37-39-59(54-26-12-11-25-53(51)54)63(57-29-15-19-43-17-9-10-24-52(43)57)50-36-38-60-56(41-50)55-27-13-14-28-58(55)62(60)47-22-5-2-6-23-47/h1-41H. The topological polar surface area (TPSA) is 11.4 Å². The van der Waals surface area contributed by atoms with Gasteiger partial charge < -0.3 is 14.4 Å². The minimum absolute atomic E-state index is 1.10. The van der Waals surface area contributed by atoms with Gasteiger partial charge in [0.2, 0.25) is 0 Å². The highest BCUT2D eigenvalue weighted by molar-refractivity contribution is 6.13. The quantitative estimate of drug-likeness (QED) is 0.152. The molecule has 0 spiro atoms. The maximum atomic E-state index is 2.47. The van der Waals surface area contributed by atoms with E-state index in [4.69, 9.17) is 0 Å². The van der Waals surface area contributed by atoms with Crippen molar-refractivity contribution >= 4 is 88.2 Å². The summed E-state index contributed by atoms with van der Waals surface area (Å²) in [7, 11) is 0. The van der Waals surface area contributed by atoms with Crippen LogP contribution in [-0.4, -0.2) is 4.57 Å². The van der Waals surface area contributed by atoms with E-state index in [1.807, 2.05) is 0 Å². The smallest absolute Gasteiger partial charge is 0.0542 e. The van der Waals surface area contributed by atoms with Crippen LogP contribution in [0.2, 0.25) is 0 Å². The van der Waals surface area contributed by atoms with Crippen molar-refractivity contribution in [3.8, 4) is 16.8 Å².